The SMILES string of the molecule is Cc1ccc2c(c1)N(S(C)(=O)=O)CC[C@@H](C(=O)Nc1ccccc1Cl)O2. The maximum Gasteiger partial charge on any atom is 0.265 e. The number of hydrogen-bond acceptors (Lipinski definition) is 4. The summed E-state index contributed by atoms with van der Waals surface area (Å²) in [4.78, 5) is 12.6. The Kier molecular flexibility index (Phi) is 5.11. The maximum atomic E-state index is 12.6. The first-order chi connectivity index (χ1) is 12.3. The van der Waals surface area contributed by atoms with Gasteiger partial charge in [0.1, 0.15) is 5.75 Å². The molecular weight excluding hydrogens is 376 g/mol. The van der Waals surface area contributed by atoms with Crippen LogP contribution in [0.4, 0.5) is 11.4 Å². The lowest BCUT2D eigenvalue weighted by Gasteiger charge is -2.21. The number of rotatable bonds is 3. The molecule has 138 valence electrons. The van der Waals surface area contributed by atoms with Gasteiger partial charge in [0.05, 0.1) is 22.7 Å². The third kappa shape index (κ3) is 3.94. The first kappa shape index (κ1) is 18.5. The van der Waals surface area contributed by atoms with E-state index in [1.165, 1.54) is 4.31 Å². The number of halogens is 1. The van der Waals surface area contributed by atoms with Crippen molar-refractivity contribution >= 4 is 38.9 Å². The van der Waals surface area contributed by atoms with Crippen molar-refractivity contribution in [2.45, 2.75) is 19.4 Å². The molecule has 1 atom stereocenters. The lowest BCUT2D eigenvalue weighted by Crippen LogP contribution is -2.36. The maximum absolute atomic E-state index is 12.6. The van der Waals surface area contributed by atoms with Crippen molar-refractivity contribution in [1.29, 1.82) is 0 Å². The van der Waals surface area contributed by atoms with Gasteiger partial charge in [-0.15, -0.1) is 0 Å². The monoisotopic (exact) mass is 394 g/mol. The van der Waals surface area contributed by atoms with Gasteiger partial charge in [0.25, 0.3) is 5.91 Å². The quantitative estimate of drug-likeness (QED) is 0.867. The molecule has 0 saturated carbocycles. The van der Waals surface area contributed by atoms with Crippen LogP contribution in [0.5, 0.6) is 5.75 Å². The fourth-order valence-corrected chi connectivity index (χ4v) is 3.91. The molecule has 26 heavy (non-hydrogen) atoms. The number of ether oxygens (including phenoxy) is 1. The largest absolute Gasteiger partial charge is 0.478 e. The van der Waals surface area contributed by atoms with Crippen LogP contribution in [0.25, 0.3) is 0 Å². The second-order valence-corrected chi connectivity index (χ2v) is 8.48. The second kappa shape index (κ2) is 7.17. The van der Waals surface area contributed by atoms with Crippen LogP contribution >= 0.6 is 11.6 Å². The smallest absolute Gasteiger partial charge is 0.265 e. The van der Waals surface area contributed by atoms with E-state index in [0.29, 0.717) is 22.1 Å². The van der Waals surface area contributed by atoms with Gasteiger partial charge in [0, 0.05) is 13.0 Å². The number of sulfonamides is 1. The van der Waals surface area contributed by atoms with Crippen LogP contribution in [0.3, 0.4) is 0 Å². The van der Waals surface area contributed by atoms with Crippen molar-refractivity contribution in [3.8, 4) is 5.75 Å². The molecule has 1 aliphatic heterocycles. The Labute approximate surface area is 157 Å². The highest BCUT2D eigenvalue weighted by molar-refractivity contribution is 7.92. The number of hydrogen-bond donors (Lipinski definition) is 1. The predicted molar refractivity (Wildman–Crippen MR) is 102 cm³/mol. The first-order valence-electron chi connectivity index (χ1n) is 8.06. The number of amides is 1. The van der Waals surface area contributed by atoms with E-state index in [0.717, 1.165) is 11.8 Å². The molecule has 1 aliphatic rings. The average Bonchev–Trinajstić information content (AvgIpc) is 2.76. The number of aryl methyl sites for hydroxylation is 1. The Morgan fingerprint density at radius 1 is 1.27 bits per heavy atom. The molecule has 1 N–H and O–H groups in total. The molecule has 1 amide bonds. The van der Waals surface area contributed by atoms with Gasteiger partial charge < -0.3 is 10.1 Å². The minimum atomic E-state index is -3.49. The zero-order valence-corrected chi connectivity index (χ0v) is 16.0. The lowest BCUT2D eigenvalue weighted by molar-refractivity contribution is -0.122. The Morgan fingerprint density at radius 2 is 2.00 bits per heavy atom. The van der Waals surface area contributed by atoms with Crippen LogP contribution in [0, 0.1) is 6.92 Å². The van der Waals surface area contributed by atoms with Crippen LogP contribution in [-0.2, 0) is 14.8 Å². The molecular formula is C18H19ClN2O4S. The molecule has 0 saturated heterocycles. The molecule has 0 bridgehead atoms. The second-order valence-electron chi connectivity index (χ2n) is 6.17. The van der Waals surface area contributed by atoms with Gasteiger partial charge in [0.2, 0.25) is 10.0 Å². The van der Waals surface area contributed by atoms with E-state index < -0.39 is 16.1 Å². The highest BCUT2D eigenvalue weighted by atomic mass is 35.5. The summed E-state index contributed by atoms with van der Waals surface area (Å²) in [6.45, 7) is 2.02. The normalized spacial score (nSPS) is 17.0. The number of nitrogens with one attached hydrogen (secondary N) is 1. The van der Waals surface area contributed by atoms with E-state index in [1.807, 2.05) is 13.0 Å². The summed E-state index contributed by atoms with van der Waals surface area (Å²) in [5, 5.41) is 3.16. The summed E-state index contributed by atoms with van der Waals surface area (Å²) in [5.74, 6) is -0.0159. The third-order valence-corrected chi connectivity index (χ3v) is 5.58. The van der Waals surface area contributed by atoms with E-state index in [-0.39, 0.29) is 18.9 Å². The topological polar surface area (TPSA) is 75.7 Å². The summed E-state index contributed by atoms with van der Waals surface area (Å²) < 4.78 is 31.5. The average molecular weight is 395 g/mol. The zero-order valence-electron chi connectivity index (χ0n) is 14.4. The number of carbonyl (C=O) groups is 1. The van der Waals surface area contributed by atoms with E-state index in [1.54, 1.807) is 36.4 Å². The Bertz CT molecular complexity index is 946. The molecule has 0 spiro atoms. The molecule has 1 heterocycles. The number of para-hydroxylation sites is 1. The number of nitrogens with zero attached hydrogens (tertiary/aromatic N) is 1. The predicted octanol–water partition coefficient (Wildman–Crippen LogP) is 3.20. The van der Waals surface area contributed by atoms with Crippen molar-refractivity contribution in [2.75, 3.05) is 22.4 Å². The Hall–Kier alpha value is -2.25. The van der Waals surface area contributed by atoms with Gasteiger partial charge in [-0.25, -0.2) is 8.42 Å². The lowest BCUT2D eigenvalue weighted by atomic mass is 10.2. The van der Waals surface area contributed by atoms with Gasteiger partial charge in [-0.1, -0.05) is 29.8 Å². The number of benzene rings is 2. The first-order valence-corrected chi connectivity index (χ1v) is 10.3. The molecule has 2 aromatic rings. The summed E-state index contributed by atoms with van der Waals surface area (Å²) >= 11 is 6.08. The molecule has 8 heteroatoms. The van der Waals surface area contributed by atoms with Crippen LogP contribution < -0.4 is 14.4 Å². The fraction of sp³-hybridized carbons (Fsp3) is 0.278. The highest BCUT2D eigenvalue weighted by Gasteiger charge is 2.31. The number of fused-ring (bicyclic) bond motifs is 1. The third-order valence-electron chi connectivity index (χ3n) is 4.07. The van der Waals surface area contributed by atoms with Crippen LogP contribution in [0.15, 0.2) is 42.5 Å². The molecule has 0 unspecified atom stereocenters. The van der Waals surface area contributed by atoms with Crippen LogP contribution in [-0.4, -0.2) is 33.2 Å². The molecule has 0 aromatic heterocycles. The minimum Gasteiger partial charge on any atom is -0.478 e. The highest BCUT2D eigenvalue weighted by Crippen LogP contribution is 2.35. The number of anilines is 2. The molecule has 0 aliphatic carbocycles. The van der Waals surface area contributed by atoms with E-state index in [4.69, 9.17) is 16.3 Å². The van der Waals surface area contributed by atoms with Crippen LogP contribution in [0.1, 0.15) is 12.0 Å². The summed E-state index contributed by atoms with van der Waals surface area (Å²) in [6, 6.07) is 12.1. The van der Waals surface area contributed by atoms with Crippen molar-refractivity contribution in [2.24, 2.45) is 0 Å². The molecule has 6 nitrogen and oxygen atoms in total. The van der Waals surface area contributed by atoms with Gasteiger partial charge in [-0.3, -0.25) is 9.10 Å². The molecule has 0 radical (unpaired) electrons. The van der Waals surface area contributed by atoms with Gasteiger partial charge in [-0.2, -0.15) is 0 Å². The molecule has 3 rings (SSSR count). The van der Waals surface area contributed by atoms with Gasteiger partial charge in [0.15, 0.2) is 6.10 Å². The van der Waals surface area contributed by atoms with Gasteiger partial charge in [-0.05, 0) is 36.8 Å². The van der Waals surface area contributed by atoms with Crippen LogP contribution in [0.2, 0.25) is 5.02 Å². The van der Waals surface area contributed by atoms with E-state index >= 15 is 0 Å². The minimum absolute atomic E-state index is 0.149. The van der Waals surface area contributed by atoms with E-state index in [9.17, 15) is 13.2 Å². The Balaban J connectivity index is 1.89. The molecule has 2 aromatic carbocycles. The Morgan fingerprint density at radius 3 is 2.69 bits per heavy atom. The standard InChI is InChI=1S/C18H19ClN2O4S/c1-12-7-8-16-15(11-12)21(26(2,23)24)10-9-17(25-16)18(22)20-14-6-4-3-5-13(14)19/h3-8,11,17H,9-10H2,1-2H3,(H,20,22)/t17-/m0/s1. The summed E-state index contributed by atoms with van der Waals surface area (Å²) in [5.41, 5.74) is 1.83. The van der Waals surface area contributed by atoms with Crippen molar-refractivity contribution in [3.63, 3.8) is 0 Å². The van der Waals surface area contributed by atoms with Crippen molar-refractivity contribution in [1.82, 2.24) is 0 Å². The van der Waals surface area contributed by atoms with Gasteiger partial charge >= 0.3 is 0 Å². The van der Waals surface area contributed by atoms with Crippen molar-refractivity contribution < 1.29 is 17.9 Å². The zero-order chi connectivity index (χ0) is 18.9. The summed E-state index contributed by atoms with van der Waals surface area (Å²) in [6.07, 6.45) is 0.528. The van der Waals surface area contributed by atoms with Crippen molar-refractivity contribution in [3.05, 3.63) is 53.1 Å². The molecule has 0 fully saturated rings. The van der Waals surface area contributed by atoms with E-state index in [2.05, 4.69) is 5.32 Å². The number of carbonyl (C=O) groups excluding carboxylic acids is 1. The summed E-state index contributed by atoms with van der Waals surface area (Å²) in [7, 11) is -3.49. The fourth-order valence-electron chi connectivity index (χ4n) is 2.79.